The summed E-state index contributed by atoms with van der Waals surface area (Å²) < 4.78 is 15.7. The number of benzene rings is 2. The summed E-state index contributed by atoms with van der Waals surface area (Å²) >= 11 is 0. The van der Waals surface area contributed by atoms with Crippen LogP contribution in [0.4, 0.5) is 16.2 Å². The maximum atomic E-state index is 14.1. The van der Waals surface area contributed by atoms with Gasteiger partial charge in [-0.2, -0.15) is 4.98 Å². The van der Waals surface area contributed by atoms with Crippen LogP contribution in [-0.4, -0.2) is 50.8 Å². The SMILES string of the molecule is Cc1cccc(-n2nc3nc(NCCN4CCCCC4)nc(-c4cccc(F)c4)c3c2N)c1. The van der Waals surface area contributed by atoms with Gasteiger partial charge in [-0.25, -0.2) is 14.1 Å². The van der Waals surface area contributed by atoms with Gasteiger partial charge >= 0.3 is 0 Å². The van der Waals surface area contributed by atoms with Crippen LogP contribution in [0.3, 0.4) is 0 Å². The summed E-state index contributed by atoms with van der Waals surface area (Å²) in [5.41, 5.74) is 10.2. The Bertz CT molecular complexity index is 1280. The van der Waals surface area contributed by atoms with Crippen molar-refractivity contribution in [2.45, 2.75) is 26.2 Å². The second-order valence-corrected chi connectivity index (χ2v) is 8.57. The highest BCUT2D eigenvalue weighted by Gasteiger charge is 2.20. The van der Waals surface area contributed by atoms with E-state index in [1.54, 1.807) is 10.7 Å². The smallest absolute Gasteiger partial charge is 0.225 e. The molecule has 2 aromatic carbocycles. The summed E-state index contributed by atoms with van der Waals surface area (Å²) in [5, 5.41) is 8.64. The van der Waals surface area contributed by atoms with Crippen molar-refractivity contribution in [3.8, 4) is 16.9 Å². The van der Waals surface area contributed by atoms with Crippen LogP contribution in [0, 0.1) is 12.7 Å². The number of anilines is 2. The van der Waals surface area contributed by atoms with Gasteiger partial charge in [0.05, 0.1) is 16.8 Å². The van der Waals surface area contributed by atoms with Gasteiger partial charge in [0.25, 0.3) is 0 Å². The van der Waals surface area contributed by atoms with Gasteiger partial charge in [-0.15, -0.1) is 5.10 Å². The predicted octanol–water partition coefficient (Wildman–Crippen LogP) is 4.41. The second kappa shape index (κ2) is 9.15. The van der Waals surface area contributed by atoms with Crippen LogP contribution in [-0.2, 0) is 0 Å². The standard InChI is InChI=1S/C25H28FN7/c1-17-7-5-10-20(15-17)33-23(27)21-22(18-8-6-9-19(26)16-18)29-25(30-24(21)31-33)28-11-14-32-12-3-2-4-13-32/h5-10,15-16H,2-4,11-14,27H2,1H3,(H,28,30,31). The number of nitrogens with two attached hydrogens (primary N) is 1. The Morgan fingerprint density at radius 2 is 1.85 bits per heavy atom. The fourth-order valence-electron chi connectivity index (χ4n) is 4.40. The first-order valence-corrected chi connectivity index (χ1v) is 11.4. The summed E-state index contributed by atoms with van der Waals surface area (Å²) in [5.74, 6) is 0.561. The van der Waals surface area contributed by atoms with E-state index in [1.165, 1.54) is 31.4 Å². The molecule has 0 atom stereocenters. The minimum atomic E-state index is -0.330. The zero-order valence-electron chi connectivity index (χ0n) is 18.8. The molecule has 33 heavy (non-hydrogen) atoms. The molecule has 7 nitrogen and oxygen atoms in total. The van der Waals surface area contributed by atoms with Gasteiger partial charge in [0, 0.05) is 18.7 Å². The molecule has 3 heterocycles. The normalized spacial score (nSPS) is 14.6. The van der Waals surface area contributed by atoms with Crippen LogP contribution in [0.1, 0.15) is 24.8 Å². The molecule has 8 heteroatoms. The summed E-state index contributed by atoms with van der Waals surface area (Å²) in [6.07, 6.45) is 3.81. The molecule has 0 spiro atoms. The first-order chi connectivity index (χ1) is 16.1. The lowest BCUT2D eigenvalue weighted by Gasteiger charge is -2.26. The number of aryl methyl sites for hydroxylation is 1. The van der Waals surface area contributed by atoms with E-state index in [9.17, 15) is 4.39 Å². The highest BCUT2D eigenvalue weighted by atomic mass is 19.1. The zero-order chi connectivity index (χ0) is 22.8. The van der Waals surface area contributed by atoms with Gasteiger partial charge in [0.2, 0.25) is 5.95 Å². The van der Waals surface area contributed by atoms with Gasteiger partial charge in [-0.05, 0) is 62.7 Å². The number of nitrogen functional groups attached to an aromatic ring is 1. The molecule has 1 fully saturated rings. The predicted molar refractivity (Wildman–Crippen MR) is 130 cm³/mol. The van der Waals surface area contributed by atoms with Crippen molar-refractivity contribution in [2.75, 3.05) is 37.2 Å². The fraction of sp³-hybridized carbons (Fsp3) is 0.320. The molecule has 1 saturated heterocycles. The van der Waals surface area contributed by atoms with Crippen LogP contribution < -0.4 is 11.1 Å². The molecule has 0 saturated carbocycles. The van der Waals surface area contributed by atoms with Crippen molar-refractivity contribution in [1.82, 2.24) is 24.6 Å². The number of nitrogens with zero attached hydrogens (tertiary/aromatic N) is 5. The molecule has 0 radical (unpaired) electrons. The van der Waals surface area contributed by atoms with E-state index in [2.05, 4.69) is 20.3 Å². The monoisotopic (exact) mass is 445 g/mol. The Hall–Kier alpha value is -3.52. The molecule has 0 unspecified atom stereocenters. The first kappa shape index (κ1) is 21.3. The number of piperidine rings is 1. The van der Waals surface area contributed by atoms with Gasteiger partial charge in [0.1, 0.15) is 11.6 Å². The van der Waals surface area contributed by atoms with E-state index in [4.69, 9.17) is 10.7 Å². The van der Waals surface area contributed by atoms with Gasteiger partial charge in [-0.3, -0.25) is 0 Å². The molecule has 2 aromatic heterocycles. The Morgan fingerprint density at radius 1 is 1.03 bits per heavy atom. The number of halogens is 1. The third kappa shape index (κ3) is 4.52. The average Bonchev–Trinajstić information content (AvgIpc) is 3.16. The molecular formula is C25H28FN7. The third-order valence-corrected chi connectivity index (χ3v) is 6.07. The summed E-state index contributed by atoms with van der Waals surface area (Å²) in [4.78, 5) is 11.8. The van der Waals surface area contributed by atoms with E-state index in [0.717, 1.165) is 37.4 Å². The molecular weight excluding hydrogens is 417 g/mol. The quantitative estimate of drug-likeness (QED) is 0.457. The van der Waals surface area contributed by atoms with E-state index < -0.39 is 0 Å². The van der Waals surface area contributed by atoms with Crippen molar-refractivity contribution in [3.05, 3.63) is 59.9 Å². The van der Waals surface area contributed by atoms with Crippen LogP contribution in [0.2, 0.25) is 0 Å². The largest absolute Gasteiger partial charge is 0.383 e. The van der Waals surface area contributed by atoms with E-state index in [0.29, 0.717) is 34.1 Å². The van der Waals surface area contributed by atoms with E-state index >= 15 is 0 Å². The van der Waals surface area contributed by atoms with Crippen LogP contribution in [0.5, 0.6) is 0 Å². The number of likely N-dealkylation sites (tertiary alicyclic amines) is 1. The lowest BCUT2D eigenvalue weighted by molar-refractivity contribution is 0.237. The molecule has 1 aliphatic rings. The highest BCUT2D eigenvalue weighted by Crippen LogP contribution is 2.33. The molecule has 170 valence electrons. The fourth-order valence-corrected chi connectivity index (χ4v) is 4.40. The summed E-state index contributed by atoms with van der Waals surface area (Å²) in [7, 11) is 0. The van der Waals surface area contributed by atoms with Crippen LogP contribution in [0.15, 0.2) is 48.5 Å². The minimum Gasteiger partial charge on any atom is -0.383 e. The number of rotatable bonds is 6. The maximum Gasteiger partial charge on any atom is 0.225 e. The molecule has 4 aromatic rings. The summed E-state index contributed by atoms with van der Waals surface area (Å²) in [6.45, 7) is 5.94. The topological polar surface area (TPSA) is 84.9 Å². The number of fused-ring (bicyclic) bond motifs is 1. The van der Waals surface area contributed by atoms with E-state index in [-0.39, 0.29) is 5.82 Å². The molecule has 0 amide bonds. The molecule has 3 N–H and O–H groups in total. The van der Waals surface area contributed by atoms with Crippen molar-refractivity contribution >= 4 is 22.8 Å². The molecule has 5 rings (SSSR count). The first-order valence-electron chi connectivity index (χ1n) is 11.4. The summed E-state index contributed by atoms with van der Waals surface area (Å²) in [6, 6.07) is 14.3. The number of aromatic nitrogens is 4. The van der Waals surface area contributed by atoms with Crippen molar-refractivity contribution in [1.29, 1.82) is 0 Å². The van der Waals surface area contributed by atoms with Gasteiger partial charge < -0.3 is 16.0 Å². The highest BCUT2D eigenvalue weighted by molar-refractivity contribution is 5.99. The Labute approximate surface area is 192 Å². The van der Waals surface area contributed by atoms with Gasteiger partial charge in [0.15, 0.2) is 5.65 Å². The zero-order valence-corrected chi connectivity index (χ0v) is 18.8. The molecule has 0 aliphatic carbocycles. The average molecular weight is 446 g/mol. The van der Waals surface area contributed by atoms with Gasteiger partial charge in [-0.1, -0.05) is 30.7 Å². The van der Waals surface area contributed by atoms with Crippen LogP contribution >= 0.6 is 0 Å². The number of hydrogen-bond donors (Lipinski definition) is 2. The Kier molecular flexibility index (Phi) is 5.92. The Balaban J connectivity index is 1.55. The Morgan fingerprint density at radius 3 is 2.64 bits per heavy atom. The number of hydrogen-bond acceptors (Lipinski definition) is 6. The van der Waals surface area contributed by atoms with Crippen molar-refractivity contribution < 1.29 is 4.39 Å². The van der Waals surface area contributed by atoms with Crippen LogP contribution in [0.25, 0.3) is 28.0 Å². The minimum absolute atomic E-state index is 0.330. The maximum absolute atomic E-state index is 14.1. The second-order valence-electron chi connectivity index (χ2n) is 8.57. The lowest BCUT2D eigenvalue weighted by atomic mass is 10.1. The molecule has 1 aliphatic heterocycles. The third-order valence-electron chi connectivity index (χ3n) is 6.07. The van der Waals surface area contributed by atoms with E-state index in [1.807, 2.05) is 37.3 Å². The van der Waals surface area contributed by atoms with Crippen molar-refractivity contribution in [2.24, 2.45) is 0 Å². The lowest BCUT2D eigenvalue weighted by Crippen LogP contribution is -2.33. The molecule has 0 bridgehead atoms. The van der Waals surface area contributed by atoms with Crippen molar-refractivity contribution in [3.63, 3.8) is 0 Å². The number of nitrogens with one attached hydrogen (secondary N) is 1.